The van der Waals surface area contributed by atoms with E-state index < -0.39 is 11.6 Å². The molecule has 0 fully saturated rings. The molecular weight excluding hydrogens is 359 g/mol. The Kier molecular flexibility index (Phi) is 7.15. The number of benzene rings is 2. The minimum absolute atomic E-state index is 0.237. The smallest absolute Gasteiger partial charge is 0.261 e. The van der Waals surface area contributed by atoms with Gasteiger partial charge in [-0.25, -0.2) is 4.39 Å². The summed E-state index contributed by atoms with van der Waals surface area (Å²) >= 11 is 0. The van der Waals surface area contributed by atoms with Gasteiger partial charge in [-0.05, 0) is 57.5 Å². The standard InChI is InChI=1S/C22H27FN2O3/c1-16(21(27)24-22(2,3)4)25(14-17-8-6-5-7-9-17)20(26)15-28-19-12-10-18(23)11-13-19/h5-13,16H,14-15H2,1-4H3,(H,24,27)/t16-/m0/s1. The van der Waals surface area contributed by atoms with Gasteiger partial charge in [0.25, 0.3) is 5.91 Å². The van der Waals surface area contributed by atoms with Crippen molar-refractivity contribution in [2.24, 2.45) is 0 Å². The fourth-order valence-electron chi connectivity index (χ4n) is 2.60. The normalized spacial score (nSPS) is 12.2. The second-order valence-electron chi connectivity index (χ2n) is 7.67. The number of nitrogens with zero attached hydrogens (tertiary/aromatic N) is 1. The molecular formula is C22H27FN2O3. The molecule has 6 heteroatoms. The van der Waals surface area contributed by atoms with E-state index in [4.69, 9.17) is 4.74 Å². The summed E-state index contributed by atoms with van der Waals surface area (Å²) in [5, 5.41) is 2.90. The Bertz CT molecular complexity index is 786. The molecule has 1 atom stereocenters. The highest BCUT2D eigenvalue weighted by molar-refractivity contribution is 5.88. The summed E-state index contributed by atoms with van der Waals surface area (Å²) in [6, 6.07) is 14.2. The molecule has 0 aliphatic rings. The predicted molar refractivity (Wildman–Crippen MR) is 106 cm³/mol. The highest BCUT2D eigenvalue weighted by atomic mass is 19.1. The maximum Gasteiger partial charge on any atom is 0.261 e. The minimum atomic E-state index is -0.677. The lowest BCUT2D eigenvalue weighted by atomic mass is 10.1. The summed E-state index contributed by atoms with van der Waals surface area (Å²) in [6.07, 6.45) is 0. The molecule has 2 aromatic carbocycles. The van der Waals surface area contributed by atoms with Crippen LogP contribution in [0.15, 0.2) is 54.6 Å². The van der Waals surface area contributed by atoms with Crippen LogP contribution in [0.4, 0.5) is 4.39 Å². The van der Waals surface area contributed by atoms with E-state index >= 15 is 0 Å². The second kappa shape index (κ2) is 9.35. The SMILES string of the molecule is C[C@@H](C(=O)NC(C)(C)C)N(Cc1ccccc1)C(=O)COc1ccc(F)cc1. The van der Waals surface area contributed by atoms with Gasteiger partial charge in [-0.3, -0.25) is 9.59 Å². The number of nitrogens with one attached hydrogen (secondary N) is 1. The van der Waals surface area contributed by atoms with Crippen molar-refractivity contribution in [1.29, 1.82) is 0 Å². The fourth-order valence-corrected chi connectivity index (χ4v) is 2.60. The Balaban J connectivity index is 2.12. The third kappa shape index (κ3) is 6.68. The fraction of sp³-hybridized carbons (Fsp3) is 0.364. The number of hydrogen-bond donors (Lipinski definition) is 1. The molecule has 0 spiro atoms. The summed E-state index contributed by atoms with van der Waals surface area (Å²) in [4.78, 5) is 27.0. The van der Waals surface area contributed by atoms with E-state index in [-0.39, 0.29) is 30.8 Å². The topological polar surface area (TPSA) is 58.6 Å². The van der Waals surface area contributed by atoms with Crippen LogP contribution in [-0.2, 0) is 16.1 Å². The minimum Gasteiger partial charge on any atom is -0.484 e. The highest BCUT2D eigenvalue weighted by Gasteiger charge is 2.28. The molecule has 28 heavy (non-hydrogen) atoms. The molecule has 0 saturated carbocycles. The van der Waals surface area contributed by atoms with Crippen LogP contribution in [0.1, 0.15) is 33.3 Å². The number of carbonyl (C=O) groups is 2. The Hall–Kier alpha value is -2.89. The first kappa shape index (κ1) is 21.4. The van der Waals surface area contributed by atoms with Crippen molar-refractivity contribution in [1.82, 2.24) is 10.2 Å². The van der Waals surface area contributed by atoms with E-state index in [2.05, 4.69) is 5.32 Å². The zero-order chi connectivity index (χ0) is 20.7. The first-order chi connectivity index (χ1) is 13.2. The van der Waals surface area contributed by atoms with Gasteiger partial charge in [0.1, 0.15) is 17.6 Å². The van der Waals surface area contributed by atoms with E-state index in [1.807, 2.05) is 51.1 Å². The first-order valence-electron chi connectivity index (χ1n) is 9.19. The molecule has 0 unspecified atom stereocenters. The molecule has 2 amide bonds. The van der Waals surface area contributed by atoms with Crippen LogP contribution < -0.4 is 10.1 Å². The number of hydrogen-bond acceptors (Lipinski definition) is 3. The van der Waals surface area contributed by atoms with Crippen molar-refractivity contribution in [3.05, 3.63) is 66.0 Å². The maximum atomic E-state index is 13.0. The van der Waals surface area contributed by atoms with Crippen molar-refractivity contribution in [3.63, 3.8) is 0 Å². The van der Waals surface area contributed by atoms with Crippen LogP contribution in [-0.4, -0.2) is 34.9 Å². The molecule has 0 radical (unpaired) electrons. The van der Waals surface area contributed by atoms with E-state index in [1.165, 1.54) is 29.2 Å². The molecule has 0 aliphatic carbocycles. The van der Waals surface area contributed by atoms with Crippen molar-refractivity contribution in [3.8, 4) is 5.75 Å². The van der Waals surface area contributed by atoms with Crippen LogP contribution in [0.25, 0.3) is 0 Å². The van der Waals surface area contributed by atoms with Gasteiger partial charge in [0, 0.05) is 12.1 Å². The Morgan fingerprint density at radius 1 is 1.07 bits per heavy atom. The summed E-state index contributed by atoms with van der Waals surface area (Å²) in [6.45, 7) is 7.40. The number of amides is 2. The monoisotopic (exact) mass is 386 g/mol. The van der Waals surface area contributed by atoms with Crippen LogP contribution in [0, 0.1) is 5.82 Å². The Morgan fingerprint density at radius 2 is 1.68 bits per heavy atom. The largest absolute Gasteiger partial charge is 0.484 e. The van der Waals surface area contributed by atoms with E-state index in [1.54, 1.807) is 6.92 Å². The van der Waals surface area contributed by atoms with Crippen LogP contribution in [0.5, 0.6) is 5.75 Å². The quantitative estimate of drug-likeness (QED) is 0.792. The lowest BCUT2D eigenvalue weighted by molar-refractivity contribution is -0.142. The lowest BCUT2D eigenvalue weighted by Crippen LogP contribution is -2.53. The summed E-state index contributed by atoms with van der Waals surface area (Å²) in [7, 11) is 0. The molecule has 5 nitrogen and oxygen atoms in total. The zero-order valence-corrected chi connectivity index (χ0v) is 16.7. The molecule has 0 aromatic heterocycles. The van der Waals surface area contributed by atoms with E-state index in [9.17, 15) is 14.0 Å². The molecule has 0 aliphatic heterocycles. The lowest BCUT2D eigenvalue weighted by Gasteiger charge is -2.31. The first-order valence-corrected chi connectivity index (χ1v) is 9.19. The number of ether oxygens (including phenoxy) is 1. The van der Waals surface area contributed by atoms with Crippen molar-refractivity contribution < 1.29 is 18.7 Å². The molecule has 2 rings (SSSR count). The van der Waals surface area contributed by atoms with Gasteiger partial charge >= 0.3 is 0 Å². The zero-order valence-electron chi connectivity index (χ0n) is 16.7. The van der Waals surface area contributed by atoms with Gasteiger partial charge in [-0.1, -0.05) is 30.3 Å². The predicted octanol–water partition coefficient (Wildman–Crippen LogP) is 3.54. The van der Waals surface area contributed by atoms with Crippen molar-refractivity contribution in [2.75, 3.05) is 6.61 Å². The highest BCUT2D eigenvalue weighted by Crippen LogP contribution is 2.14. The average molecular weight is 386 g/mol. The summed E-state index contributed by atoms with van der Waals surface area (Å²) in [5.74, 6) is -0.554. The van der Waals surface area contributed by atoms with Gasteiger partial charge in [0.05, 0.1) is 0 Å². The van der Waals surface area contributed by atoms with Gasteiger partial charge in [-0.15, -0.1) is 0 Å². The Morgan fingerprint density at radius 3 is 2.25 bits per heavy atom. The van der Waals surface area contributed by atoms with Crippen LogP contribution in [0.2, 0.25) is 0 Å². The average Bonchev–Trinajstić information content (AvgIpc) is 2.64. The van der Waals surface area contributed by atoms with Gasteiger partial charge in [0.15, 0.2) is 6.61 Å². The Labute approximate surface area is 165 Å². The van der Waals surface area contributed by atoms with Crippen LogP contribution >= 0.6 is 0 Å². The van der Waals surface area contributed by atoms with E-state index in [0.717, 1.165) is 5.56 Å². The van der Waals surface area contributed by atoms with Gasteiger partial charge < -0.3 is 15.0 Å². The number of halogens is 1. The molecule has 1 N–H and O–H groups in total. The molecule has 0 saturated heterocycles. The van der Waals surface area contributed by atoms with Gasteiger partial charge in [-0.2, -0.15) is 0 Å². The number of carbonyl (C=O) groups excluding carboxylic acids is 2. The third-order valence-corrected chi connectivity index (χ3v) is 4.04. The summed E-state index contributed by atoms with van der Waals surface area (Å²) in [5.41, 5.74) is 0.505. The second-order valence-corrected chi connectivity index (χ2v) is 7.67. The molecule has 150 valence electrons. The summed E-state index contributed by atoms with van der Waals surface area (Å²) < 4.78 is 18.5. The maximum absolute atomic E-state index is 13.0. The molecule has 0 heterocycles. The molecule has 2 aromatic rings. The third-order valence-electron chi connectivity index (χ3n) is 4.04. The van der Waals surface area contributed by atoms with E-state index in [0.29, 0.717) is 5.75 Å². The van der Waals surface area contributed by atoms with Gasteiger partial charge in [0.2, 0.25) is 5.91 Å². The molecule has 0 bridgehead atoms. The number of rotatable bonds is 7. The van der Waals surface area contributed by atoms with Crippen molar-refractivity contribution >= 4 is 11.8 Å². The van der Waals surface area contributed by atoms with Crippen LogP contribution in [0.3, 0.4) is 0 Å². The van der Waals surface area contributed by atoms with Crippen molar-refractivity contribution in [2.45, 2.75) is 45.8 Å².